The first-order valence-electron chi connectivity index (χ1n) is 6.85. The number of hydrogen-bond donors (Lipinski definition) is 1. The molecule has 1 aromatic carbocycles. The van der Waals surface area contributed by atoms with Crippen molar-refractivity contribution in [2.45, 2.75) is 25.9 Å². The van der Waals surface area contributed by atoms with Crippen LogP contribution in [0.1, 0.15) is 30.0 Å². The van der Waals surface area contributed by atoms with Gasteiger partial charge in [0, 0.05) is 23.9 Å². The molecule has 4 heteroatoms. The number of benzene rings is 1. The van der Waals surface area contributed by atoms with Crippen LogP contribution in [0.15, 0.2) is 35.7 Å². The molecule has 0 spiro atoms. The van der Waals surface area contributed by atoms with Crippen LogP contribution in [0.5, 0.6) is 0 Å². The first kappa shape index (κ1) is 13.3. The maximum Gasteiger partial charge on any atom is 0.0859 e. The molecule has 0 saturated heterocycles. The Bertz CT molecular complexity index is 729. The molecule has 1 N–H and O–H groups in total. The van der Waals surface area contributed by atoms with E-state index in [1.807, 2.05) is 23.9 Å². The van der Waals surface area contributed by atoms with E-state index in [2.05, 4.69) is 35.6 Å². The number of aromatic nitrogens is 2. The predicted octanol–water partition coefficient (Wildman–Crippen LogP) is 3.47. The summed E-state index contributed by atoms with van der Waals surface area (Å²) in [6.07, 6.45) is 1.04. The molecule has 0 bridgehead atoms. The van der Waals surface area contributed by atoms with Crippen LogP contribution < -0.4 is 0 Å². The summed E-state index contributed by atoms with van der Waals surface area (Å²) in [5.74, 6) is 0. The second-order valence-corrected chi connectivity index (χ2v) is 5.92. The molecule has 0 aliphatic carbocycles. The summed E-state index contributed by atoms with van der Waals surface area (Å²) < 4.78 is 3.09. The summed E-state index contributed by atoms with van der Waals surface area (Å²) in [5, 5.41) is 18.2. The Morgan fingerprint density at radius 3 is 2.90 bits per heavy atom. The average Bonchev–Trinajstić information content (AvgIpc) is 3.03. The van der Waals surface area contributed by atoms with Crippen LogP contribution in [-0.4, -0.2) is 14.9 Å². The van der Waals surface area contributed by atoms with Crippen molar-refractivity contribution in [1.82, 2.24) is 9.78 Å². The van der Waals surface area contributed by atoms with Crippen molar-refractivity contribution in [2.24, 2.45) is 7.05 Å². The fourth-order valence-electron chi connectivity index (χ4n) is 2.50. The fraction of sp³-hybridized carbons (Fsp3) is 0.312. The molecule has 3 aromatic rings. The summed E-state index contributed by atoms with van der Waals surface area (Å²) >= 11 is 1.68. The van der Waals surface area contributed by atoms with Gasteiger partial charge in [-0.1, -0.05) is 25.1 Å². The lowest BCUT2D eigenvalue weighted by Crippen LogP contribution is -2.06. The van der Waals surface area contributed by atoms with E-state index < -0.39 is 6.10 Å². The molecule has 0 fully saturated rings. The lowest BCUT2D eigenvalue weighted by molar-refractivity contribution is 0.177. The zero-order valence-corrected chi connectivity index (χ0v) is 12.5. The van der Waals surface area contributed by atoms with Crippen LogP contribution in [0.3, 0.4) is 0 Å². The van der Waals surface area contributed by atoms with Gasteiger partial charge in [0.15, 0.2) is 0 Å². The third-order valence-electron chi connectivity index (χ3n) is 3.66. The first-order valence-corrected chi connectivity index (χ1v) is 7.73. The largest absolute Gasteiger partial charge is 0.388 e. The molecule has 3 nitrogen and oxygen atoms in total. The fourth-order valence-corrected chi connectivity index (χ4v) is 3.51. The van der Waals surface area contributed by atoms with Crippen LogP contribution in [0.25, 0.3) is 10.1 Å². The number of aryl methyl sites for hydroxylation is 2. The van der Waals surface area contributed by atoms with E-state index in [0.717, 1.165) is 28.8 Å². The van der Waals surface area contributed by atoms with Gasteiger partial charge in [0.2, 0.25) is 0 Å². The topological polar surface area (TPSA) is 38.0 Å². The molecular weight excluding hydrogens is 268 g/mol. The van der Waals surface area contributed by atoms with E-state index in [1.165, 1.54) is 4.70 Å². The lowest BCUT2D eigenvalue weighted by Gasteiger charge is -2.10. The number of rotatable bonds is 4. The standard InChI is InChI=1S/C16H18N2OS/c1-3-11-8-12(18(2)17-11)9-15(19)14-10-20-16-7-5-4-6-13(14)16/h4-8,10,15,19H,3,9H2,1-2H3. The Balaban J connectivity index is 1.89. The highest BCUT2D eigenvalue weighted by Gasteiger charge is 2.16. The molecule has 0 saturated carbocycles. The normalized spacial score (nSPS) is 12.9. The number of fused-ring (bicyclic) bond motifs is 1. The van der Waals surface area contributed by atoms with E-state index in [4.69, 9.17) is 0 Å². The second-order valence-electron chi connectivity index (χ2n) is 5.01. The molecule has 2 aromatic heterocycles. The lowest BCUT2D eigenvalue weighted by atomic mass is 10.0. The van der Waals surface area contributed by atoms with Gasteiger partial charge in [0.05, 0.1) is 11.8 Å². The number of thiophene rings is 1. The van der Waals surface area contributed by atoms with E-state index in [9.17, 15) is 5.11 Å². The van der Waals surface area contributed by atoms with Gasteiger partial charge in [0.1, 0.15) is 0 Å². The van der Waals surface area contributed by atoms with E-state index in [-0.39, 0.29) is 0 Å². The van der Waals surface area contributed by atoms with Gasteiger partial charge in [-0.05, 0) is 34.9 Å². The Morgan fingerprint density at radius 2 is 2.15 bits per heavy atom. The quantitative estimate of drug-likeness (QED) is 0.797. The van der Waals surface area contributed by atoms with Crippen LogP contribution in [0.2, 0.25) is 0 Å². The van der Waals surface area contributed by atoms with Gasteiger partial charge in [-0.15, -0.1) is 11.3 Å². The van der Waals surface area contributed by atoms with Crippen molar-refractivity contribution in [3.05, 3.63) is 52.7 Å². The summed E-state index contributed by atoms with van der Waals surface area (Å²) in [5.41, 5.74) is 3.17. The molecule has 3 rings (SSSR count). The SMILES string of the molecule is CCc1cc(CC(O)c2csc3ccccc23)n(C)n1. The van der Waals surface area contributed by atoms with Gasteiger partial charge >= 0.3 is 0 Å². The molecule has 0 amide bonds. The van der Waals surface area contributed by atoms with Gasteiger partial charge in [-0.3, -0.25) is 4.68 Å². The molecule has 2 heterocycles. The molecular formula is C16H18N2OS. The summed E-state index contributed by atoms with van der Waals surface area (Å²) in [4.78, 5) is 0. The van der Waals surface area contributed by atoms with Crippen LogP contribution >= 0.6 is 11.3 Å². The number of aliphatic hydroxyl groups is 1. The third kappa shape index (κ3) is 2.37. The highest BCUT2D eigenvalue weighted by molar-refractivity contribution is 7.17. The van der Waals surface area contributed by atoms with Gasteiger partial charge in [-0.25, -0.2) is 0 Å². The van der Waals surface area contributed by atoms with Crippen molar-refractivity contribution >= 4 is 21.4 Å². The summed E-state index contributed by atoms with van der Waals surface area (Å²) in [7, 11) is 1.94. The van der Waals surface area contributed by atoms with E-state index >= 15 is 0 Å². The number of aliphatic hydroxyl groups excluding tert-OH is 1. The smallest absolute Gasteiger partial charge is 0.0859 e. The average molecular weight is 286 g/mol. The third-order valence-corrected chi connectivity index (χ3v) is 4.64. The Kier molecular flexibility index (Phi) is 3.59. The minimum Gasteiger partial charge on any atom is -0.388 e. The van der Waals surface area contributed by atoms with Crippen molar-refractivity contribution < 1.29 is 5.11 Å². The number of nitrogens with zero attached hydrogens (tertiary/aromatic N) is 2. The highest BCUT2D eigenvalue weighted by atomic mass is 32.1. The van der Waals surface area contributed by atoms with E-state index in [0.29, 0.717) is 6.42 Å². The van der Waals surface area contributed by atoms with Crippen molar-refractivity contribution in [3.63, 3.8) is 0 Å². The van der Waals surface area contributed by atoms with Crippen molar-refractivity contribution in [3.8, 4) is 0 Å². The van der Waals surface area contributed by atoms with Crippen molar-refractivity contribution in [2.75, 3.05) is 0 Å². The maximum atomic E-state index is 10.5. The van der Waals surface area contributed by atoms with Gasteiger partial charge in [-0.2, -0.15) is 5.10 Å². The summed E-state index contributed by atoms with van der Waals surface area (Å²) in [6.45, 7) is 2.09. The Morgan fingerprint density at radius 1 is 1.35 bits per heavy atom. The van der Waals surface area contributed by atoms with Crippen LogP contribution in [0.4, 0.5) is 0 Å². The predicted molar refractivity (Wildman–Crippen MR) is 83.1 cm³/mol. The first-order chi connectivity index (χ1) is 9.69. The van der Waals surface area contributed by atoms with Gasteiger partial charge < -0.3 is 5.11 Å². The minimum absolute atomic E-state index is 0.480. The highest BCUT2D eigenvalue weighted by Crippen LogP contribution is 2.31. The molecule has 0 radical (unpaired) electrons. The van der Waals surface area contributed by atoms with Crippen LogP contribution in [0, 0.1) is 0 Å². The Hall–Kier alpha value is -1.65. The molecule has 0 aliphatic rings. The Labute approximate surface area is 122 Å². The molecule has 20 heavy (non-hydrogen) atoms. The zero-order chi connectivity index (χ0) is 14.1. The minimum atomic E-state index is -0.480. The monoisotopic (exact) mass is 286 g/mol. The zero-order valence-electron chi connectivity index (χ0n) is 11.7. The van der Waals surface area contributed by atoms with Crippen LogP contribution in [-0.2, 0) is 19.9 Å². The molecule has 1 unspecified atom stereocenters. The second kappa shape index (κ2) is 5.38. The molecule has 0 aliphatic heterocycles. The maximum absolute atomic E-state index is 10.5. The van der Waals surface area contributed by atoms with Crippen molar-refractivity contribution in [1.29, 1.82) is 0 Å². The van der Waals surface area contributed by atoms with Gasteiger partial charge in [0.25, 0.3) is 0 Å². The molecule has 1 atom stereocenters. The van der Waals surface area contributed by atoms with E-state index in [1.54, 1.807) is 11.3 Å². The molecule has 104 valence electrons. The number of hydrogen-bond acceptors (Lipinski definition) is 3. The summed E-state index contributed by atoms with van der Waals surface area (Å²) in [6, 6.07) is 10.3.